The lowest BCUT2D eigenvalue weighted by Crippen LogP contribution is -2.44. The molecule has 1 aliphatic heterocycles. The molecule has 0 unspecified atom stereocenters. The third-order valence-corrected chi connectivity index (χ3v) is 6.62. The van der Waals surface area contributed by atoms with Crippen molar-refractivity contribution < 1.29 is 4.39 Å². The Bertz CT molecular complexity index is 1400. The molecule has 35 heavy (non-hydrogen) atoms. The summed E-state index contributed by atoms with van der Waals surface area (Å²) in [4.78, 5) is 9.49. The van der Waals surface area contributed by atoms with Gasteiger partial charge in [0.25, 0.3) is 0 Å². The maximum absolute atomic E-state index is 15.3. The van der Waals surface area contributed by atoms with E-state index in [0.717, 1.165) is 59.7 Å². The van der Waals surface area contributed by atoms with Crippen LogP contribution in [0.25, 0.3) is 33.4 Å². The molecule has 0 amide bonds. The van der Waals surface area contributed by atoms with E-state index in [-0.39, 0.29) is 5.82 Å². The van der Waals surface area contributed by atoms with Gasteiger partial charge in [0.1, 0.15) is 17.3 Å². The van der Waals surface area contributed by atoms with Crippen molar-refractivity contribution >= 4 is 16.7 Å². The van der Waals surface area contributed by atoms with Gasteiger partial charge in [0.2, 0.25) is 0 Å². The molecule has 7 nitrogen and oxygen atoms in total. The number of hydrogen-bond acceptors (Lipinski definition) is 6. The van der Waals surface area contributed by atoms with Crippen LogP contribution in [0.15, 0.2) is 42.5 Å². The Balaban J connectivity index is 1.60. The number of fused-ring (bicyclic) bond motifs is 1. The average molecular weight is 470 g/mol. The largest absolute Gasteiger partial charge is 0.354 e. The van der Waals surface area contributed by atoms with E-state index in [0.29, 0.717) is 28.9 Å². The number of aryl methyl sites for hydroxylation is 1. The molecule has 3 heterocycles. The molecule has 4 aromatic rings. The number of likely N-dealkylation sites (N-methyl/N-ethyl adjacent to an activating group) is 1. The first-order chi connectivity index (χ1) is 17.0. The number of H-pyrrole nitrogens is 1. The number of piperazine rings is 1. The Morgan fingerprint density at radius 1 is 1.14 bits per heavy atom. The first-order valence-electron chi connectivity index (χ1n) is 11.8. The Morgan fingerprint density at radius 2 is 1.94 bits per heavy atom. The lowest BCUT2D eigenvalue weighted by Gasteiger charge is -2.33. The summed E-state index contributed by atoms with van der Waals surface area (Å²) in [5.41, 5.74) is 5.19. The number of rotatable bonds is 5. The molecule has 8 heteroatoms. The second-order valence-electron chi connectivity index (χ2n) is 9.10. The Hall–Kier alpha value is -3.80. The van der Waals surface area contributed by atoms with Crippen LogP contribution in [0.4, 0.5) is 10.2 Å². The highest BCUT2D eigenvalue weighted by molar-refractivity contribution is 5.97. The van der Waals surface area contributed by atoms with Crippen molar-refractivity contribution in [2.75, 3.05) is 45.2 Å². The normalized spacial score (nSPS) is 14.4. The van der Waals surface area contributed by atoms with Crippen molar-refractivity contribution in [2.45, 2.75) is 13.5 Å². The minimum absolute atomic E-state index is 0.341. The standard InChI is InChI=1S/C27H28FN7/c1-17-11-18(16-30-2)12-22(28)26(17)20-14-21-24(13-19(20)15-29)32-33-27(21)23-5-4-6-25(31-23)35-9-7-34(3)8-10-35/h4-6,11-14,30H,7-10,16H2,1-3H3,(H,32,33). The SMILES string of the molecule is CNCc1cc(C)c(-c2cc3c(-c4cccc(N5CCN(C)CC5)n4)n[nH]c3cc2C#N)c(F)c1. The molecule has 5 rings (SSSR count). The third kappa shape index (κ3) is 4.36. The van der Waals surface area contributed by atoms with Crippen LogP contribution in [0.3, 0.4) is 0 Å². The van der Waals surface area contributed by atoms with Crippen LogP contribution in [0, 0.1) is 24.1 Å². The number of halogens is 1. The Labute approximate surface area is 204 Å². The Morgan fingerprint density at radius 3 is 2.66 bits per heavy atom. The Kier molecular flexibility index (Phi) is 6.20. The van der Waals surface area contributed by atoms with E-state index in [1.807, 2.05) is 44.3 Å². The van der Waals surface area contributed by atoms with Gasteiger partial charge in [-0.05, 0) is 62.5 Å². The molecule has 2 aromatic carbocycles. The second kappa shape index (κ2) is 9.45. The first kappa shape index (κ1) is 23.0. The highest BCUT2D eigenvalue weighted by Crippen LogP contribution is 2.36. The minimum Gasteiger partial charge on any atom is -0.354 e. The van der Waals surface area contributed by atoms with Crippen molar-refractivity contribution in [1.29, 1.82) is 5.26 Å². The molecule has 0 bridgehead atoms. The van der Waals surface area contributed by atoms with Gasteiger partial charge in [-0.1, -0.05) is 12.1 Å². The molecule has 1 fully saturated rings. The number of nitrogens with zero attached hydrogens (tertiary/aromatic N) is 5. The van der Waals surface area contributed by atoms with Gasteiger partial charge in [-0.2, -0.15) is 10.4 Å². The third-order valence-electron chi connectivity index (χ3n) is 6.62. The van der Waals surface area contributed by atoms with Gasteiger partial charge in [0.05, 0.1) is 22.8 Å². The van der Waals surface area contributed by atoms with Gasteiger partial charge >= 0.3 is 0 Å². The van der Waals surface area contributed by atoms with E-state index in [4.69, 9.17) is 4.98 Å². The molecular formula is C27H28FN7. The summed E-state index contributed by atoms with van der Waals surface area (Å²) < 4.78 is 15.3. The number of benzene rings is 2. The number of nitrogens with one attached hydrogen (secondary N) is 2. The molecule has 2 N–H and O–H groups in total. The average Bonchev–Trinajstić information content (AvgIpc) is 3.27. The second-order valence-corrected chi connectivity index (χ2v) is 9.10. The quantitative estimate of drug-likeness (QED) is 0.458. The van der Waals surface area contributed by atoms with Crippen molar-refractivity contribution in [3.05, 3.63) is 65.0 Å². The number of aromatic nitrogens is 3. The zero-order chi connectivity index (χ0) is 24.5. The first-order valence-corrected chi connectivity index (χ1v) is 11.8. The van der Waals surface area contributed by atoms with E-state index in [2.05, 4.69) is 38.4 Å². The number of pyridine rings is 1. The predicted molar refractivity (Wildman–Crippen MR) is 137 cm³/mol. The zero-order valence-electron chi connectivity index (χ0n) is 20.2. The van der Waals surface area contributed by atoms with E-state index in [1.54, 1.807) is 6.07 Å². The molecule has 1 aliphatic rings. The van der Waals surface area contributed by atoms with Crippen LogP contribution in [0.2, 0.25) is 0 Å². The minimum atomic E-state index is -0.341. The van der Waals surface area contributed by atoms with E-state index < -0.39 is 0 Å². The fraction of sp³-hybridized carbons (Fsp3) is 0.296. The number of aromatic amines is 1. The molecule has 0 atom stereocenters. The monoisotopic (exact) mass is 469 g/mol. The van der Waals surface area contributed by atoms with Gasteiger partial charge in [-0.15, -0.1) is 0 Å². The molecule has 0 saturated carbocycles. The molecule has 2 aromatic heterocycles. The predicted octanol–water partition coefficient (Wildman–Crippen LogP) is 4.08. The van der Waals surface area contributed by atoms with E-state index >= 15 is 4.39 Å². The van der Waals surface area contributed by atoms with Gasteiger partial charge < -0.3 is 15.1 Å². The lowest BCUT2D eigenvalue weighted by molar-refractivity contribution is 0.312. The summed E-state index contributed by atoms with van der Waals surface area (Å²) in [6.45, 7) is 6.28. The topological polar surface area (TPSA) is 83.9 Å². The van der Waals surface area contributed by atoms with Crippen LogP contribution < -0.4 is 10.2 Å². The molecule has 0 spiro atoms. The maximum atomic E-state index is 15.3. The number of nitriles is 1. The summed E-state index contributed by atoms with van der Waals surface area (Å²) in [7, 11) is 3.96. The van der Waals surface area contributed by atoms with Crippen molar-refractivity contribution in [2.24, 2.45) is 0 Å². The number of hydrogen-bond donors (Lipinski definition) is 2. The van der Waals surface area contributed by atoms with Gasteiger partial charge in [0.15, 0.2) is 0 Å². The highest BCUT2D eigenvalue weighted by Gasteiger charge is 2.20. The molecule has 178 valence electrons. The van der Waals surface area contributed by atoms with E-state index in [9.17, 15) is 5.26 Å². The molecule has 0 radical (unpaired) electrons. The van der Waals surface area contributed by atoms with Gasteiger partial charge in [-0.3, -0.25) is 5.10 Å². The summed E-state index contributed by atoms with van der Waals surface area (Å²) in [6, 6.07) is 15.3. The molecular weight excluding hydrogens is 441 g/mol. The van der Waals surface area contributed by atoms with Crippen molar-refractivity contribution in [1.82, 2.24) is 25.4 Å². The van der Waals surface area contributed by atoms with Gasteiger partial charge in [-0.25, -0.2) is 9.37 Å². The van der Waals surface area contributed by atoms with Gasteiger partial charge in [0, 0.05) is 49.2 Å². The van der Waals surface area contributed by atoms with Crippen LogP contribution in [0.1, 0.15) is 16.7 Å². The van der Waals surface area contributed by atoms with Crippen LogP contribution in [0.5, 0.6) is 0 Å². The van der Waals surface area contributed by atoms with Crippen LogP contribution in [-0.4, -0.2) is 60.4 Å². The molecule has 1 saturated heterocycles. The fourth-order valence-electron chi connectivity index (χ4n) is 4.79. The molecule has 0 aliphatic carbocycles. The summed E-state index contributed by atoms with van der Waals surface area (Å²) in [6.07, 6.45) is 0. The smallest absolute Gasteiger partial charge is 0.131 e. The van der Waals surface area contributed by atoms with Crippen molar-refractivity contribution in [3.63, 3.8) is 0 Å². The van der Waals surface area contributed by atoms with Crippen LogP contribution in [-0.2, 0) is 6.54 Å². The van der Waals surface area contributed by atoms with Crippen LogP contribution >= 0.6 is 0 Å². The van der Waals surface area contributed by atoms with E-state index in [1.165, 1.54) is 6.07 Å². The number of anilines is 1. The zero-order valence-corrected chi connectivity index (χ0v) is 20.2. The summed E-state index contributed by atoms with van der Waals surface area (Å²) in [5.74, 6) is 0.578. The lowest BCUT2D eigenvalue weighted by atomic mass is 9.92. The fourth-order valence-corrected chi connectivity index (χ4v) is 4.79. The maximum Gasteiger partial charge on any atom is 0.131 e. The summed E-state index contributed by atoms with van der Waals surface area (Å²) >= 11 is 0. The van der Waals surface area contributed by atoms with Crippen molar-refractivity contribution in [3.8, 4) is 28.6 Å². The summed E-state index contributed by atoms with van der Waals surface area (Å²) in [5, 5.41) is 21.3. The highest BCUT2D eigenvalue weighted by atomic mass is 19.1.